The molecule has 2 fully saturated rings. The highest BCUT2D eigenvalue weighted by Gasteiger charge is 2.30. The van der Waals surface area contributed by atoms with Gasteiger partial charge in [-0.1, -0.05) is 38.3 Å². The van der Waals surface area contributed by atoms with Gasteiger partial charge in [-0.05, 0) is 82.1 Å². The zero-order chi connectivity index (χ0) is 20.2. The Bertz CT molecular complexity index is 562. The van der Waals surface area contributed by atoms with Gasteiger partial charge in [0.1, 0.15) is 12.2 Å². The number of carbonyl (C=O) groups is 1. The van der Waals surface area contributed by atoms with Gasteiger partial charge in [0, 0.05) is 0 Å². The smallest absolute Gasteiger partial charge is 0.309 e. The summed E-state index contributed by atoms with van der Waals surface area (Å²) in [4.78, 5) is 12.5. The molecule has 0 amide bonds. The summed E-state index contributed by atoms with van der Waals surface area (Å²) in [6, 6.07) is 1.46. The van der Waals surface area contributed by atoms with Crippen LogP contribution < -0.4 is 0 Å². The number of rotatable bonds is 9. The fourth-order valence-corrected chi connectivity index (χ4v) is 4.60. The van der Waals surface area contributed by atoms with E-state index in [2.05, 4.69) is 6.92 Å². The Hall–Kier alpha value is -1.63. The maximum Gasteiger partial charge on any atom is 0.309 e. The summed E-state index contributed by atoms with van der Waals surface area (Å²) >= 11 is 0. The van der Waals surface area contributed by atoms with E-state index in [0.717, 1.165) is 57.3 Å². The molecule has 0 radical (unpaired) electrons. The molecule has 28 heavy (non-hydrogen) atoms. The largest absolute Gasteiger partial charge is 0.462 e. The van der Waals surface area contributed by atoms with E-state index in [-0.39, 0.29) is 18.0 Å². The predicted molar refractivity (Wildman–Crippen MR) is 110 cm³/mol. The molecule has 0 spiro atoms. The van der Waals surface area contributed by atoms with Crippen LogP contribution in [0.4, 0.5) is 4.39 Å². The summed E-state index contributed by atoms with van der Waals surface area (Å²) in [7, 11) is 0. The lowest BCUT2D eigenvalue weighted by molar-refractivity contribution is -0.157. The van der Waals surface area contributed by atoms with Crippen molar-refractivity contribution >= 4 is 5.97 Å². The van der Waals surface area contributed by atoms with Crippen LogP contribution in [0.25, 0.3) is 0 Å². The van der Waals surface area contributed by atoms with Crippen LogP contribution in [0, 0.1) is 29.1 Å². The number of allylic oxidation sites excluding steroid dienone is 4. The van der Waals surface area contributed by atoms with Crippen molar-refractivity contribution in [2.75, 3.05) is 0 Å². The molecule has 0 heterocycles. The predicted octanol–water partition coefficient (Wildman–Crippen LogP) is 6.80. The molecule has 2 aliphatic carbocycles. The minimum atomic E-state index is -0.756. The van der Waals surface area contributed by atoms with Crippen LogP contribution in [0.3, 0.4) is 0 Å². The molecule has 0 bridgehead atoms. The molecule has 2 saturated carbocycles. The van der Waals surface area contributed by atoms with Crippen LogP contribution in [-0.2, 0) is 9.53 Å². The second-order valence-electron chi connectivity index (χ2n) is 8.57. The molecular weight excluding hydrogens is 353 g/mol. The standard InChI is InChI=1S/C24H36FNO2/c1-2-3-7-19-10-14-21(15-11-19)24(27)28-23-16-12-20(13-17-23)8-5-4-6-9-22(25)18-26/h4,6,9,19-21,23H,2-3,5,7-8,10-17H2,1H3/b6-4+,22-9?/t19-,20?,21-,23?. The molecular formula is C24H36FNO2. The van der Waals surface area contributed by atoms with Crippen LogP contribution in [0.1, 0.15) is 90.4 Å². The van der Waals surface area contributed by atoms with Crippen molar-refractivity contribution in [3.05, 3.63) is 24.1 Å². The van der Waals surface area contributed by atoms with Crippen molar-refractivity contribution in [3.63, 3.8) is 0 Å². The van der Waals surface area contributed by atoms with Crippen molar-refractivity contribution in [3.8, 4) is 6.07 Å². The Morgan fingerprint density at radius 3 is 2.36 bits per heavy atom. The highest BCUT2D eigenvalue weighted by atomic mass is 19.1. The summed E-state index contributed by atoms with van der Waals surface area (Å²) in [5.41, 5.74) is 0. The van der Waals surface area contributed by atoms with Gasteiger partial charge in [-0.2, -0.15) is 9.65 Å². The lowest BCUT2D eigenvalue weighted by Crippen LogP contribution is -2.30. The number of nitrogens with zero attached hydrogens (tertiary/aromatic N) is 1. The zero-order valence-electron chi connectivity index (χ0n) is 17.4. The molecule has 0 saturated heterocycles. The Morgan fingerprint density at radius 2 is 1.71 bits per heavy atom. The van der Waals surface area contributed by atoms with Crippen molar-refractivity contribution in [1.29, 1.82) is 5.26 Å². The van der Waals surface area contributed by atoms with Gasteiger partial charge in [-0.25, -0.2) is 0 Å². The third kappa shape index (κ3) is 8.17. The van der Waals surface area contributed by atoms with Crippen LogP contribution in [-0.4, -0.2) is 12.1 Å². The van der Waals surface area contributed by atoms with E-state index in [1.165, 1.54) is 44.2 Å². The average molecular weight is 390 g/mol. The monoisotopic (exact) mass is 389 g/mol. The first-order chi connectivity index (χ1) is 13.6. The van der Waals surface area contributed by atoms with Crippen molar-refractivity contribution in [2.24, 2.45) is 17.8 Å². The Balaban J connectivity index is 1.59. The SMILES string of the molecule is CCCC[C@H]1CC[C@H](C(=O)OC2CCC(CC/C=C/C=C(F)C#N)CC2)CC1. The lowest BCUT2D eigenvalue weighted by atomic mass is 9.79. The second kappa shape index (κ2) is 12.8. The van der Waals surface area contributed by atoms with E-state index >= 15 is 0 Å². The topological polar surface area (TPSA) is 50.1 Å². The molecule has 0 N–H and O–H groups in total. The molecule has 4 heteroatoms. The van der Waals surface area contributed by atoms with E-state index < -0.39 is 5.83 Å². The quantitative estimate of drug-likeness (QED) is 0.247. The second-order valence-corrected chi connectivity index (χ2v) is 8.57. The summed E-state index contributed by atoms with van der Waals surface area (Å²) in [6.45, 7) is 2.24. The van der Waals surface area contributed by atoms with Crippen LogP contribution in [0.2, 0.25) is 0 Å². The molecule has 2 rings (SSSR count). The molecule has 0 atom stereocenters. The van der Waals surface area contributed by atoms with Crippen LogP contribution in [0.5, 0.6) is 0 Å². The minimum absolute atomic E-state index is 0.0478. The number of unbranched alkanes of at least 4 members (excludes halogenated alkanes) is 1. The van der Waals surface area contributed by atoms with E-state index in [4.69, 9.17) is 10.00 Å². The van der Waals surface area contributed by atoms with Gasteiger partial charge in [0.25, 0.3) is 0 Å². The van der Waals surface area contributed by atoms with E-state index in [9.17, 15) is 9.18 Å². The maximum atomic E-state index is 12.7. The third-order valence-corrected chi connectivity index (χ3v) is 6.45. The van der Waals surface area contributed by atoms with Gasteiger partial charge < -0.3 is 4.74 Å². The lowest BCUT2D eigenvalue weighted by Gasteiger charge is -2.31. The number of hydrogen-bond donors (Lipinski definition) is 0. The number of hydrogen-bond acceptors (Lipinski definition) is 3. The first-order valence-electron chi connectivity index (χ1n) is 11.2. The van der Waals surface area contributed by atoms with Crippen molar-refractivity contribution in [2.45, 2.75) is 96.5 Å². The highest BCUT2D eigenvalue weighted by molar-refractivity contribution is 5.72. The van der Waals surface area contributed by atoms with Crippen LogP contribution >= 0.6 is 0 Å². The fourth-order valence-electron chi connectivity index (χ4n) is 4.60. The van der Waals surface area contributed by atoms with Gasteiger partial charge in [-0.3, -0.25) is 4.79 Å². The van der Waals surface area contributed by atoms with E-state index in [1.807, 2.05) is 6.08 Å². The van der Waals surface area contributed by atoms with Gasteiger partial charge in [0.2, 0.25) is 0 Å². The number of halogens is 1. The normalized spacial score (nSPS) is 28.8. The summed E-state index contributed by atoms with van der Waals surface area (Å²) in [5, 5.41) is 8.35. The van der Waals surface area contributed by atoms with Gasteiger partial charge in [0.15, 0.2) is 5.83 Å². The first-order valence-corrected chi connectivity index (χ1v) is 11.2. The summed E-state index contributed by atoms with van der Waals surface area (Å²) in [6.07, 6.45) is 19.2. The molecule has 156 valence electrons. The summed E-state index contributed by atoms with van der Waals surface area (Å²) in [5.74, 6) is 0.890. The molecule has 0 aromatic carbocycles. The number of nitriles is 1. The first kappa shape index (κ1) is 22.7. The molecule has 3 nitrogen and oxygen atoms in total. The van der Waals surface area contributed by atoms with E-state index in [0.29, 0.717) is 5.92 Å². The maximum absolute atomic E-state index is 12.7. The zero-order valence-corrected chi connectivity index (χ0v) is 17.4. The number of carbonyl (C=O) groups excluding carboxylic acids is 1. The number of esters is 1. The van der Waals surface area contributed by atoms with E-state index in [1.54, 1.807) is 6.08 Å². The highest BCUT2D eigenvalue weighted by Crippen LogP contribution is 2.34. The van der Waals surface area contributed by atoms with Crippen molar-refractivity contribution < 1.29 is 13.9 Å². The minimum Gasteiger partial charge on any atom is -0.462 e. The number of ether oxygens (including phenoxy) is 1. The Labute approximate surface area is 170 Å². The molecule has 0 aromatic heterocycles. The molecule has 0 aliphatic heterocycles. The Kier molecular flexibility index (Phi) is 10.3. The molecule has 2 aliphatic rings. The van der Waals surface area contributed by atoms with Gasteiger partial charge in [0.05, 0.1) is 5.92 Å². The average Bonchev–Trinajstić information content (AvgIpc) is 2.73. The fraction of sp³-hybridized carbons (Fsp3) is 0.750. The molecule has 0 unspecified atom stereocenters. The van der Waals surface area contributed by atoms with Gasteiger partial charge >= 0.3 is 5.97 Å². The van der Waals surface area contributed by atoms with Crippen LogP contribution in [0.15, 0.2) is 24.1 Å². The Morgan fingerprint density at radius 1 is 1.07 bits per heavy atom. The third-order valence-electron chi connectivity index (χ3n) is 6.45. The van der Waals surface area contributed by atoms with Gasteiger partial charge in [-0.15, -0.1) is 0 Å². The van der Waals surface area contributed by atoms with Crippen molar-refractivity contribution in [1.82, 2.24) is 0 Å². The molecule has 0 aromatic rings. The summed E-state index contributed by atoms with van der Waals surface area (Å²) < 4.78 is 18.5.